The molecule has 1 heterocycles. The largest absolute Gasteiger partial charge is 0.484 e. The molecule has 1 aliphatic rings. The molecule has 6 heteroatoms. The zero-order valence-corrected chi connectivity index (χ0v) is 10.2. The van der Waals surface area contributed by atoms with Crippen molar-refractivity contribution in [3.8, 4) is 5.75 Å². The van der Waals surface area contributed by atoms with E-state index in [9.17, 15) is 9.59 Å². The number of aliphatic carboxylic acids is 1. The maximum atomic E-state index is 11.7. The molecule has 19 heavy (non-hydrogen) atoms. The standard InChI is InChI=1S/C13H15NO5/c15-12(8-19-9-4-2-1-3-5-9)14-11-7-18-6-10(11)13(16)17/h1-5,10-11H,6-8H2,(H,14,15)(H,16,17). The topological polar surface area (TPSA) is 84.9 Å². The molecule has 0 saturated carbocycles. The van der Waals surface area contributed by atoms with Crippen molar-refractivity contribution in [2.75, 3.05) is 19.8 Å². The van der Waals surface area contributed by atoms with Crippen molar-refractivity contribution in [1.82, 2.24) is 5.32 Å². The van der Waals surface area contributed by atoms with E-state index in [1.807, 2.05) is 6.07 Å². The van der Waals surface area contributed by atoms with Crippen LogP contribution in [-0.4, -0.2) is 42.8 Å². The van der Waals surface area contributed by atoms with E-state index in [1.54, 1.807) is 24.3 Å². The van der Waals surface area contributed by atoms with Crippen LogP contribution in [0.2, 0.25) is 0 Å². The highest BCUT2D eigenvalue weighted by Crippen LogP contribution is 2.14. The maximum absolute atomic E-state index is 11.7. The molecule has 102 valence electrons. The Labute approximate surface area is 110 Å². The predicted octanol–water partition coefficient (Wildman–Crippen LogP) is 0.281. The van der Waals surface area contributed by atoms with Crippen molar-refractivity contribution < 1.29 is 24.2 Å². The third-order valence-electron chi connectivity index (χ3n) is 2.86. The minimum absolute atomic E-state index is 0.125. The Kier molecular flexibility index (Phi) is 4.35. The van der Waals surface area contributed by atoms with Gasteiger partial charge in [-0.25, -0.2) is 0 Å². The van der Waals surface area contributed by atoms with Crippen LogP contribution in [0.15, 0.2) is 30.3 Å². The molecule has 0 spiro atoms. The number of carboxylic acids is 1. The molecular formula is C13H15NO5. The molecule has 0 aromatic heterocycles. The van der Waals surface area contributed by atoms with E-state index in [0.717, 1.165) is 0 Å². The Hall–Kier alpha value is -2.08. The summed E-state index contributed by atoms with van der Waals surface area (Å²) in [4.78, 5) is 22.6. The fourth-order valence-corrected chi connectivity index (χ4v) is 1.85. The third kappa shape index (κ3) is 3.69. The van der Waals surface area contributed by atoms with E-state index in [0.29, 0.717) is 5.75 Å². The lowest BCUT2D eigenvalue weighted by Gasteiger charge is -2.15. The third-order valence-corrected chi connectivity index (χ3v) is 2.86. The van der Waals surface area contributed by atoms with Gasteiger partial charge in [-0.1, -0.05) is 18.2 Å². The summed E-state index contributed by atoms with van der Waals surface area (Å²) in [6.45, 7) is 0.195. The summed E-state index contributed by atoms with van der Waals surface area (Å²) in [5, 5.41) is 11.6. The van der Waals surface area contributed by atoms with Crippen LogP contribution in [0, 0.1) is 5.92 Å². The van der Waals surface area contributed by atoms with Crippen LogP contribution in [0.3, 0.4) is 0 Å². The van der Waals surface area contributed by atoms with E-state index < -0.39 is 17.9 Å². The van der Waals surface area contributed by atoms with Crippen molar-refractivity contribution in [3.63, 3.8) is 0 Å². The van der Waals surface area contributed by atoms with Crippen LogP contribution < -0.4 is 10.1 Å². The summed E-state index contributed by atoms with van der Waals surface area (Å²) in [5.74, 6) is -1.42. The number of carbonyl (C=O) groups excluding carboxylic acids is 1. The quantitative estimate of drug-likeness (QED) is 0.799. The second-order valence-electron chi connectivity index (χ2n) is 4.26. The number of para-hydroxylation sites is 1. The molecule has 1 aliphatic heterocycles. The van der Waals surface area contributed by atoms with Crippen LogP contribution in [0.4, 0.5) is 0 Å². The molecule has 2 unspecified atom stereocenters. The Morgan fingerprint density at radius 1 is 1.32 bits per heavy atom. The number of carbonyl (C=O) groups is 2. The Morgan fingerprint density at radius 2 is 2.05 bits per heavy atom. The second-order valence-corrected chi connectivity index (χ2v) is 4.26. The first-order valence-electron chi connectivity index (χ1n) is 5.94. The van der Waals surface area contributed by atoms with E-state index >= 15 is 0 Å². The number of ether oxygens (including phenoxy) is 2. The number of carboxylic acid groups (broad SMARTS) is 1. The van der Waals surface area contributed by atoms with Crippen molar-refractivity contribution in [1.29, 1.82) is 0 Å². The fourth-order valence-electron chi connectivity index (χ4n) is 1.85. The molecule has 1 saturated heterocycles. The number of benzene rings is 1. The van der Waals surface area contributed by atoms with E-state index in [1.165, 1.54) is 0 Å². The highest BCUT2D eigenvalue weighted by Gasteiger charge is 2.34. The molecule has 0 aliphatic carbocycles. The molecule has 2 atom stereocenters. The second kappa shape index (κ2) is 6.19. The van der Waals surface area contributed by atoms with Crippen LogP contribution in [0.25, 0.3) is 0 Å². The van der Waals surface area contributed by atoms with Crippen molar-refractivity contribution >= 4 is 11.9 Å². The van der Waals surface area contributed by atoms with Crippen molar-refractivity contribution in [3.05, 3.63) is 30.3 Å². The first-order valence-corrected chi connectivity index (χ1v) is 5.94. The number of nitrogens with one attached hydrogen (secondary N) is 1. The molecule has 2 N–H and O–H groups in total. The Bertz CT molecular complexity index is 448. The number of amides is 1. The zero-order chi connectivity index (χ0) is 13.7. The lowest BCUT2D eigenvalue weighted by atomic mass is 10.0. The smallest absolute Gasteiger partial charge is 0.311 e. The lowest BCUT2D eigenvalue weighted by Crippen LogP contribution is -2.44. The molecule has 1 aromatic rings. The van der Waals surface area contributed by atoms with Gasteiger partial charge in [0.05, 0.1) is 19.3 Å². The fraction of sp³-hybridized carbons (Fsp3) is 0.385. The molecule has 2 rings (SSSR count). The minimum Gasteiger partial charge on any atom is -0.484 e. The van der Waals surface area contributed by atoms with Gasteiger partial charge in [-0.3, -0.25) is 9.59 Å². The first-order chi connectivity index (χ1) is 9.16. The van der Waals surface area contributed by atoms with Gasteiger partial charge in [-0.2, -0.15) is 0 Å². The number of hydrogen-bond acceptors (Lipinski definition) is 4. The average Bonchev–Trinajstić information content (AvgIpc) is 2.86. The van der Waals surface area contributed by atoms with E-state index in [2.05, 4.69) is 5.32 Å². The van der Waals surface area contributed by atoms with Crippen LogP contribution in [-0.2, 0) is 14.3 Å². The summed E-state index contributed by atoms with van der Waals surface area (Å²) >= 11 is 0. The summed E-state index contributed by atoms with van der Waals surface area (Å²) in [7, 11) is 0. The van der Waals surface area contributed by atoms with Gasteiger partial charge >= 0.3 is 5.97 Å². The molecule has 1 amide bonds. The minimum atomic E-state index is -0.966. The lowest BCUT2D eigenvalue weighted by molar-refractivity contribution is -0.142. The molecule has 0 radical (unpaired) electrons. The van der Waals surface area contributed by atoms with Crippen LogP contribution in [0.5, 0.6) is 5.75 Å². The van der Waals surface area contributed by atoms with Gasteiger partial charge in [0, 0.05) is 0 Å². The highest BCUT2D eigenvalue weighted by atomic mass is 16.5. The molecular weight excluding hydrogens is 250 g/mol. The van der Waals surface area contributed by atoms with Crippen LogP contribution >= 0.6 is 0 Å². The normalized spacial score (nSPS) is 21.9. The van der Waals surface area contributed by atoms with E-state index in [4.69, 9.17) is 14.6 Å². The SMILES string of the molecule is O=C(COc1ccccc1)NC1COCC1C(=O)O. The monoisotopic (exact) mass is 265 g/mol. The highest BCUT2D eigenvalue weighted by molar-refractivity contribution is 5.79. The summed E-state index contributed by atoms with van der Waals surface area (Å²) in [6.07, 6.45) is 0. The van der Waals surface area contributed by atoms with Gasteiger partial charge < -0.3 is 19.9 Å². The van der Waals surface area contributed by atoms with Gasteiger partial charge in [-0.05, 0) is 12.1 Å². The van der Waals surface area contributed by atoms with Gasteiger partial charge in [-0.15, -0.1) is 0 Å². The van der Waals surface area contributed by atoms with Gasteiger partial charge in [0.2, 0.25) is 0 Å². The van der Waals surface area contributed by atoms with E-state index in [-0.39, 0.29) is 25.7 Å². The van der Waals surface area contributed by atoms with Gasteiger partial charge in [0.1, 0.15) is 11.7 Å². The Morgan fingerprint density at radius 3 is 2.74 bits per heavy atom. The summed E-state index contributed by atoms with van der Waals surface area (Å²) < 4.78 is 10.3. The van der Waals surface area contributed by atoms with Gasteiger partial charge in [0.15, 0.2) is 6.61 Å². The Balaban J connectivity index is 1.80. The van der Waals surface area contributed by atoms with Crippen molar-refractivity contribution in [2.24, 2.45) is 5.92 Å². The number of hydrogen-bond donors (Lipinski definition) is 2. The van der Waals surface area contributed by atoms with Gasteiger partial charge in [0.25, 0.3) is 5.91 Å². The predicted molar refractivity (Wildman–Crippen MR) is 65.8 cm³/mol. The maximum Gasteiger partial charge on any atom is 0.311 e. The molecule has 6 nitrogen and oxygen atoms in total. The first kappa shape index (κ1) is 13.4. The zero-order valence-electron chi connectivity index (χ0n) is 10.2. The molecule has 1 aromatic carbocycles. The number of rotatable bonds is 5. The summed E-state index contributed by atoms with van der Waals surface area (Å²) in [6, 6.07) is 8.44. The average molecular weight is 265 g/mol. The van der Waals surface area contributed by atoms with Crippen molar-refractivity contribution in [2.45, 2.75) is 6.04 Å². The molecule has 0 bridgehead atoms. The molecule has 1 fully saturated rings. The van der Waals surface area contributed by atoms with Crippen LogP contribution in [0.1, 0.15) is 0 Å². The summed E-state index contributed by atoms with van der Waals surface area (Å²) in [5.41, 5.74) is 0.